The number of fused-ring (bicyclic) bond motifs is 1. The van der Waals surface area contributed by atoms with Gasteiger partial charge < -0.3 is 10.6 Å². The van der Waals surface area contributed by atoms with Crippen LogP contribution in [0.15, 0.2) is 107 Å². The minimum absolute atomic E-state index is 0.157. The highest BCUT2D eigenvalue weighted by Gasteiger charge is 2.15. The Morgan fingerprint density at radius 3 is 2.16 bits per heavy atom. The molecule has 0 aliphatic heterocycles. The number of hydrogen-bond acceptors (Lipinski definition) is 2. The molecule has 0 aliphatic carbocycles. The maximum Gasteiger partial charge on any atom is 0.272 e. The van der Waals surface area contributed by atoms with Gasteiger partial charge in [-0.25, -0.2) is 0 Å². The zero-order valence-corrected chi connectivity index (χ0v) is 18.1. The van der Waals surface area contributed by atoms with Crippen LogP contribution in [0.1, 0.15) is 15.9 Å². The predicted octanol–water partition coefficient (Wildman–Crippen LogP) is 6.01. The third-order valence-electron chi connectivity index (χ3n) is 4.72. The molecule has 152 valence electrons. The number of rotatable bonds is 5. The summed E-state index contributed by atoms with van der Waals surface area (Å²) in [5.41, 5.74) is 2.08. The van der Waals surface area contributed by atoms with Crippen molar-refractivity contribution < 1.29 is 9.59 Å². The van der Waals surface area contributed by atoms with Crippen molar-refractivity contribution in [2.75, 3.05) is 5.32 Å². The van der Waals surface area contributed by atoms with E-state index in [0.29, 0.717) is 11.3 Å². The van der Waals surface area contributed by atoms with Gasteiger partial charge in [0.25, 0.3) is 11.8 Å². The minimum Gasteiger partial charge on any atom is -0.321 e. The Morgan fingerprint density at radius 1 is 0.742 bits per heavy atom. The van der Waals surface area contributed by atoms with Crippen LogP contribution in [0.2, 0.25) is 0 Å². The second kappa shape index (κ2) is 9.41. The van der Waals surface area contributed by atoms with E-state index in [1.165, 1.54) is 0 Å². The maximum atomic E-state index is 13.1. The van der Waals surface area contributed by atoms with Crippen LogP contribution in [0, 0.1) is 0 Å². The minimum atomic E-state index is -0.400. The molecule has 4 rings (SSSR count). The van der Waals surface area contributed by atoms with Crippen LogP contribution >= 0.6 is 15.9 Å². The molecule has 0 spiro atoms. The summed E-state index contributed by atoms with van der Waals surface area (Å²) in [5, 5.41) is 7.75. The molecule has 4 aromatic rings. The number of nitrogens with one attached hydrogen (secondary N) is 2. The molecule has 4 nitrogen and oxygen atoms in total. The lowest BCUT2D eigenvalue weighted by atomic mass is 10.1. The summed E-state index contributed by atoms with van der Waals surface area (Å²) in [4.78, 5) is 25.8. The number of amides is 2. The number of halogens is 1. The summed E-state index contributed by atoms with van der Waals surface area (Å²) in [6, 6.07) is 29.9. The van der Waals surface area contributed by atoms with E-state index in [0.717, 1.165) is 20.8 Å². The Kier molecular flexibility index (Phi) is 6.24. The van der Waals surface area contributed by atoms with Crippen LogP contribution in [0.25, 0.3) is 16.8 Å². The first-order chi connectivity index (χ1) is 15.1. The molecule has 31 heavy (non-hydrogen) atoms. The summed E-state index contributed by atoms with van der Waals surface area (Å²) < 4.78 is 0.931. The molecule has 2 N–H and O–H groups in total. The van der Waals surface area contributed by atoms with Gasteiger partial charge in [0, 0.05) is 15.7 Å². The molecule has 0 aliphatic rings. The van der Waals surface area contributed by atoms with Gasteiger partial charge in [0.05, 0.1) is 0 Å². The van der Waals surface area contributed by atoms with Crippen molar-refractivity contribution in [3.8, 4) is 0 Å². The molecule has 0 saturated carbocycles. The molecule has 0 unspecified atom stereocenters. The van der Waals surface area contributed by atoms with Gasteiger partial charge in [-0.05, 0) is 58.8 Å². The lowest BCUT2D eigenvalue weighted by Crippen LogP contribution is -2.30. The zero-order valence-electron chi connectivity index (χ0n) is 16.5. The van der Waals surface area contributed by atoms with E-state index in [2.05, 4.69) is 26.6 Å². The van der Waals surface area contributed by atoms with E-state index in [1.807, 2.05) is 72.8 Å². The third-order valence-corrected chi connectivity index (χ3v) is 5.25. The Labute approximate surface area is 188 Å². The van der Waals surface area contributed by atoms with Crippen LogP contribution in [0.3, 0.4) is 0 Å². The van der Waals surface area contributed by atoms with Crippen LogP contribution in [0.5, 0.6) is 0 Å². The van der Waals surface area contributed by atoms with Crippen molar-refractivity contribution in [1.29, 1.82) is 0 Å². The average Bonchev–Trinajstić information content (AvgIpc) is 2.80. The highest BCUT2D eigenvalue weighted by Crippen LogP contribution is 2.20. The summed E-state index contributed by atoms with van der Waals surface area (Å²) in [6.07, 6.45) is 1.66. The van der Waals surface area contributed by atoms with Gasteiger partial charge in [-0.3, -0.25) is 9.59 Å². The molecule has 4 aromatic carbocycles. The molecule has 0 fully saturated rings. The number of carbonyl (C=O) groups excluding carboxylic acids is 2. The topological polar surface area (TPSA) is 58.2 Å². The Balaban J connectivity index is 1.62. The Hall–Kier alpha value is -3.70. The Morgan fingerprint density at radius 2 is 1.42 bits per heavy atom. The zero-order chi connectivity index (χ0) is 21.6. The van der Waals surface area contributed by atoms with E-state index in [-0.39, 0.29) is 11.6 Å². The largest absolute Gasteiger partial charge is 0.321 e. The molecule has 0 saturated heterocycles. The van der Waals surface area contributed by atoms with Gasteiger partial charge in [0.2, 0.25) is 0 Å². The van der Waals surface area contributed by atoms with Crippen molar-refractivity contribution >= 4 is 50.3 Å². The molecular weight excluding hydrogens is 452 g/mol. The smallest absolute Gasteiger partial charge is 0.272 e. The summed E-state index contributed by atoms with van der Waals surface area (Å²) >= 11 is 3.41. The molecular formula is C26H19BrN2O2. The highest BCUT2D eigenvalue weighted by atomic mass is 79.9. The van der Waals surface area contributed by atoms with Crippen molar-refractivity contribution in [3.63, 3.8) is 0 Å². The van der Waals surface area contributed by atoms with Gasteiger partial charge in [-0.2, -0.15) is 0 Å². The molecule has 5 heteroatoms. The lowest BCUT2D eigenvalue weighted by Gasteiger charge is -2.12. The monoisotopic (exact) mass is 470 g/mol. The fourth-order valence-corrected chi connectivity index (χ4v) is 3.40. The number of hydrogen-bond donors (Lipinski definition) is 2. The third kappa shape index (κ3) is 5.27. The van der Waals surface area contributed by atoms with E-state index in [9.17, 15) is 9.59 Å². The van der Waals surface area contributed by atoms with Crippen LogP contribution < -0.4 is 10.6 Å². The quantitative estimate of drug-likeness (QED) is 0.350. The second-order valence-electron chi connectivity index (χ2n) is 6.95. The average molecular weight is 471 g/mol. The molecule has 0 atom stereocenters. The highest BCUT2D eigenvalue weighted by molar-refractivity contribution is 9.10. The molecule has 0 bridgehead atoms. The summed E-state index contributed by atoms with van der Waals surface area (Å²) in [5.74, 6) is -0.750. The standard InChI is InChI=1S/C26H19BrN2O2/c27-22-13-10-18(11-14-22)16-24(29-25(30)20-7-2-1-3-8-20)26(31)28-23-15-12-19-6-4-5-9-21(19)17-23/h1-17H,(H,28,31)(H,29,30). The van der Waals surface area contributed by atoms with Gasteiger partial charge in [0.1, 0.15) is 5.70 Å². The van der Waals surface area contributed by atoms with Crippen molar-refractivity contribution in [2.24, 2.45) is 0 Å². The van der Waals surface area contributed by atoms with Gasteiger partial charge >= 0.3 is 0 Å². The number of anilines is 1. The van der Waals surface area contributed by atoms with Gasteiger partial charge in [-0.15, -0.1) is 0 Å². The first-order valence-electron chi connectivity index (χ1n) is 9.72. The SMILES string of the molecule is O=C(Nc1ccc2ccccc2c1)C(=Cc1ccc(Br)cc1)NC(=O)c1ccccc1. The fraction of sp³-hybridized carbons (Fsp3) is 0. The molecule has 2 amide bonds. The van der Waals surface area contributed by atoms with Crippen LogP contribution in [-0.4, -0.2) is 11.8 Å². The summed E-state index contributed by atoms with van der Waals surface area (Å²) in [6.45, 7) is 0. The first kappa shape index (κ1) is 20.6. The molecule has 0 radical (unpaired) electrons. The number of carbonyl (C=O) groups is 2. The fourth-order valence-electron chi connectivity index (χ4n) is 3.13. The van der Waals surface area contributed by atoms with E-state index >= 15 is 0 Å². The molecule has 0 heterocycles. The molecule has 0 aromatic heterocycles. The van der Waals surface area contributed by atoms with Gasteiger partial charge in [-0.1, -0.05) is 76.6 Å². The normalized spacial score (nSPS) is 11.2. The van der Waals surface area contributed by atoms with E-state index in [4.69, 9.17) is 0 Å². The first-order valence-corrected chi connectivity index (χ1v) is 10.5. The van der Waals surface area contributed by atoms with Crippen molar-refractivity contribution in [1.82, 2.24) is 5.32 Å². The Bertz CT molecular complexity index is 1270. The van der Waals surface area contributed by atoms with E-state index in [1.54, 1.807) is 30.3 Å². The van der Waals surface area contributed by atoms with Crippen LogP contribution in [-0.2, 0) is 4.79 Å². The predicted molar refractivity (Wildman–Crippen MR) is 129 cm³/mol. The van der Waals surface area contributed by atoms with E-state index < -0.39 is 5.91 Å². The van der Waals surface area contributed by atoms with Crippen molar-refractivity contribution in [3.05, 3.63) is 118 Å². The maximum absolute atomic E-state index is 13.1. The lowest BCUT2D eigenvalue weighted by molar-refractivity contribution is -0.113. The van der Waals surface area contributed by atoms with Crippen LogP contribution in [0.4, 0.5) is 5.69 Å². The summed E-state index contributed by atoms with van der Waals surface area (Å²) in [7, 11) is 0. The number of benzene rings is 4. The van der Waals surface area contributed by atoms with Crippen molar-refractivity contribution in [2.45, 2.75) is 0 Å². The van der Waals surface area contributed by atoms with Gasteiger partial charge in [0.15, 0.2) is 0 Å². The second-order valence-corrected chi connectivity index (χ2v) is 7.86.